The largest absolute Gasteiger partial charge is 0.353 e. The lowest BCUT2D eigenvalue weighted by atomic mass is 9.96. The Morgan fingerprint density at radius 3 is 2.78 bits per heavy atom. The van der Waals surface area contributed by atoms with Crippen molar-refractivity contribution in [1.29, 1.82) is 0 Å². The Bertz CT molecular complexity index is 733. The summed E-state index contributed by atoms with van der Waals surface area (Å²) in [6.45, 7) is 3.23. The van der Waals surface area contributed by atoms with E-state index >= 15 is 0 Å². The van der Waals surface area contributed by atoms with E-state index in [2.05, 4.69) is 22.8 Å². The molecule has 5 nitrogen and oxygen atoms in total. The predicted molar refractivity (Wildman–Crippen MR) is 110 cm³/mol. The van der Waals surface area contributed by atoms with E-state index in [1.807, 2.05) is 42.6 Å². The van der Waals surface area contributed by atoms with E-state index in [0.29, 0.717) is 13.1 Å². The minimum Gasteiger partial charge on any atom is -0.353 e. The molecule has 27 heavy (non-hydrogen) atoms. The van der Waals surface area contributed by atoms with Gasteiger partial charge in [-0.25, -0.2) is 4.79 Å². The molecular weight excluding hydrogens is 358 g/mol. The molecule has 0 radical (unpaired) electrons. The second-order valence-corrected chi connectivity index (χ2v) is 8.07. The number of carbonyl (C=O) groups excluding carboxylic acids is 2. The molecule has 1 fully saturated rings. The number of thiophene rings is 1. The number of benzene rings is 1. The molecule has 1 saturated heterocycles. The minimum atomic E-state index is -0.132. The zero-order chi connectivity index (χ0) is 19.1. The molecule has 1 aliphatic rings. The lowest BCUT2D eigenvalue weighted by Gasteiger charge is -2.32. The van der Waals surface area contributed by atoms with Crippen LogP contribution in [0, 0.1) is 5.92 Å². The standard InChI is InChI=1S/C21H27N3O2S/c1-16(11-12-17-7-3-2-4-8-17)22-20(25)18-9-5-13-24(15-18)21(26)23-19-10-6-14-27-19/h2-4,6-8,10,14,16,18H,5,9,11-13,15H2,1H3,(H,22,25)(H,23,26). The van der Waals surface area contributed by atoms with Gasteiger partial charge in [0.15, 0.2) is 0 Å². The van der Waals surface area contributed by atoms with Crippen LogP contribution in [0.4, 0.5) is 9.80 Å². The van der Waals surface area contributed by atoms with Crippen molar-refractivity contribution in [2.45, 2.75) is 38.6 Å². The number of aryl methyl sites for hydroxylation is 1. The number of anilines is 1. The Kier molecular flexibility index (Phi) is 6.87. The number of hydrogen-bond acceptors (Lipinski definition) is 3. The van der Waals surface area contributed by atoms with Crippen molar-refractivity contribution >= 4 is 28.3 Å². The van der Waals surface area contributed by atoms with Crippen molar-refractivity contribution in [3.05, 3.63) is 53.4 Å². The van der Waals surface area contributed by atoms with Crippen molar-refractivity contribution in [2.75, 3.05) is 18.4 Å². The highest BCUT2D eigenvalue weighted by Crippen LogP contribution is 2.20. The molecule has 0 saturated carbocycles. The summed E-state index contributed by atoms with van der Waals surface area (Å²) in [5.74, 6) is -0.0730. The van der Waals surface area contributed by atoms with Gasteiger partial charge in [0.2, 0.25) is 5.91 Å². The fourth-order valence-electron chi connectivity index (χ4n) is 3.37. The normalized spacial score (nSPS) is 18.0. The average molecular weight is 386 g/mol. The Morgan fingerprint density at radius 1 is 1.22 bits per heavy atom. The molecule has 2 heterocycles. The summed E-state index contributed by atoms with van der Waals surface area (Å²) in [5.41, 5.74) is 1.28. The molecule has 1 aliphatic heterocycles. The van der Waals surface area contributed by atoms with Crippen LogP contribution in [-0.2, 0) is 11.2 Å². The number of nitrogens with zero attached hydrogens (tertiary/aromatic N) is 1. The molecule has 0 bridgehead atoms. The molecule has 6 heteroatoms. The number of carbonyl (C=O) groups is 2. The third-order valence-electron chi connectivity index (χ3n) is 4.93. The first-order valence-electron chi connectivity index (χ1n) is 9.55. The number of urea groups is 1. The van der Waals surface area contributed by atoms with Gasteiger partial charge in [0.25, 0.3) is 0 Å². The minimum absolute atomic E-state index is 0.0594. The van der Waals surface area contributed by atoms with Crippen LogP contribution in [0.15, 0.2) is 47.8 Å². The molecule has 0 spiro atoms. The smallest absolute Gasteiger partial charge is 0.322 e. The molecular formula is C21H27N3O2S. The van der Waals surface area contributed by atoms with Gasteiger partial charge in [0.1, 0.15) is 0 Å². The summed E-state index contributed by atoms with van der Waals surface area (Å²) in [6.07, 6.45) is 3.54. The molecule has 2 atom stereocenters. The summed E-state index contributed by atoms with van der Waals surface area (Å²) in [4.78, 5) is 26.8. The van der Waals surface area contributed by atoms with E-state index in [1.54, 1.807) is 4.90 Å². The second-order valence-electron chi connectivity index (χ2n) is 7.13. The Morgan fingerprint density at radius 2 is 2.04 bits per heavy atom. The number of amides is 3. The van der Waals surface area contributed by atoms with E-state index in [1.165, 1.54) is 16.9 Å². The molecule has 2 unspecified atom stereocenters. The summed E-state index contributed by atoms with van der Waals surface area (Å²) in [6, 6.07) is 14.1. The lowest BCUT2D eigenvalue weighted by Crippen LogP contribution is -2.48. The fourth-order valence-corrected chi connectivity index (χ4v) is 3.98. The van der Waals surface area contributed by atoms with Gasteiger partial charge in [-0.15, -0.1) is 11.3 Å². The average Bonchev–Trinajstić information content (AvgIpc) is 3.20. The van der Waals surface area contributed by atoms with Gasteiger partial charge < -0.3 is 10.2 Å². The van der Waals surface area contributed by atoms with Crippen LogP contribution in [0.2, 0.25) is 0 Å². The van der Waals surface area contributed by atoms with E-state index in [0.717, 1.165) is 30.7 Å². The quantitative estimate of drug-likeness (QED) is 0.785. The number of nitrogens with one attached hydrogen (secondary N) is 2. The van der Waals surface area contributed by atoms with Crippen LogP contribution in [0.1, 0.15) is 31.7 Å². The Balaban J connectivity index is 1.45. The third-order valence-corrected chi connectivity index (χ3v) is 5.71. The van der Waals surface area contributed by atoms with Crippen LogP contribution in [0.5, 0.6) is 0 Å². The first kappa shape index (κ1) is 19.4. The summed E-state index contributed by atoms with van der Waals surface area (Å²) < 4.78 is 0. The number of hydrogen-bond donors (Lipinski definition) is 2. The molecule has 144 valence electrons. The molecule has 3 rings (SSSR count). The number of rotatable bonds is 6. The van der Waals surface area contributed by atoms with E-state index in [-0.39, 0.29) is 23.9 Å². The fraction of sp³-hybridized carbons (Fsp3) is 0.429. The van der Waals surface area contributed by atoms with Gasteiger partial charge in [-0.3, -0.25) is 10.1 Å². The number of piperidine rings is 1. The molecule has 2 N–H and O–H groups in total. The predicted octanol–water partition coefficient (Wildman–Crippen LogP) is 4.13. The van der Waals surface area contributed by atoms with Crippen LogP contribution in [0.3, 0.4) is 0 Å². The lowest BCUT2D eigenvalue weighted by molar-refractivity contribution is -0.126. The van der Waals surface area contributed by atoms with Crippen molar-refractivity contribution in [3.8, 4) is 0 Å². The van der Waals surface area contributed by atoms with Crippen LogP contribution in [0.25, 0.3) is 0 Å². The van der Waals surface area contributed by atoms with E-state index in [9.17, 15) is 9.59 Å². The Hall–Kier alpha value is -2.34. The summed E-state index contributed by atoms with van der Waals surface area (Å²) in [5, 5.41) is 8.80. The van der Waals surface area contributed by atoms with E-state index in [4.69, 9.17) is 0 Å². The van der Waals surface area contributed by atoms with Gasteiger partial charge >= 0.3 is 6.03 Å². The van der Waals surface area contributed by atoms with Crippen molar-refractivity contribution in [1.82, 2.24) is 10.2 Å². The molecule has 1 aromatic heterocycles. The zero-order valence-electron chi connectivity index (χ0n) is 15.7. The van der Waals surface area contributed by atoms with Gasteiger partial charge in [0.05, 0.1) is 10.9 Å². The van der Waals surface area contributed by atoms with Gasteiger partial charge in [-0.2, -0.15) is 0 Å². The maximum absolute atomic E-state index is 12.6. The zero-order valence-corrected chi connectivity index (χ0v) is 16.5. The highest BCUT2D eigenvalue weighted by molar-refractivity contribution is 7.14. The van der Waals surface area contributed by atoms with Crippen LogP contribution in [-0.4, -0.2) is 36.0 Å². The molecule has 2 aromatic rings. The van der Waals surface area contributed by atoms with Crippen molar-refractivity contribution < 1.29 is 9.59 Å². The maximum atomic E-state index is 12.6. The SMILES string of the molecule is CC(CCc1ccccc1)NC(=O)C1CCCN(C(=O)Nc2cccs2)C1. The highest BCUT2D eigenvalue weighted by atomic mass is 32.1. The van der Waals surface area contributed by atoms with Crippen molar-refractivity contribution in [3.63, 3.8) is 0 Å². The first-order valence-corrected chi connectivity index (χ1v) is 10.4. The molecule has 1 aromatic carbocycles. The van der Waals surface area contributed by atoms with Crippen molar-refractivity contribution in [2.24, 2.45) is 5.92 Å². The molecule has 3 amide bonds. The maximum Gasteiger partial charge on any atom is 0.322 e. The van der Waals surface area contributed by atoms with Gasteiger partial charge in [-0.05, 0) is 55.7 Å². The van der Waals surface area contributed by atoms with Crippen LogP contribution >= 0.6 is 11.3 Å². The number of likely N-dealkylation sites (tertiary alicyclic amines) is 1. The highest BCUT2D eigenvalue weighted by Gasteiger charge is 2.29. The topological polar surface area (TPSA) is 61.4 Å². The molecule has 0 aliphatic carbocycles. The third kappa shape index (κ3) is 5.82. The summed E-state index contributed by atoms with van der Waals surface area (Å²) >= 11 is 1.50. The van der Waals surface area contributed by atoms with E-state index < -0.39 is 0 Å². The van der Waals surface area contributed by atoms with Crippen LogP contribution < -0.4 is 10.6 Å². The first-order chi connectivity index (χ1) is 13.1. The van der Waals surface area contributed by atoms with Gasteiger partial charge in [0, 0.05) is 19.1 Å². The summed E-state index contributed by atoms with van der Waals surface area (Å²) in [7, 11) is 0. The Labute approximate surface area is 164 Å². The van der Waals surface area contributed by atoms with Gasteiger partial charge in [-0.1, -0.05) is 30.3 Å². The second kappa shape index (κ2) is 9.55. The monoisotopic (exact) mass is 385 g/mol.